The van der Waals surface area contributed by atoms with Gasteiger partial charge in [-0.05, 0) is 54.7 Å². The SMILES string of the molecule is O=C(NCCc1cccnc1)c1ccc2c(c1)CCCN2. The lowest BCUT2D eigenvalue weighted by atomic mass is 10.0. The molecule has 108 valence electrons. The second kappa shape index (κ2) is 6.39. The molecule has 0 aliphatic carbocycles. The highest BCUT2D eigenvalue weighted by atomic mass is 16.1. The third kappa shape index (κ3) is 3.40. The number of anilines is 1. The number of hydrogen-bond donors (Lipinski definition) is 2. The summed E-state index contributed by atoms with van der Waals surface area (Å²) in [4.78, 5) is 16.2. The summed E-state index contributed by atoms with van der Waals surface area (Å²) in [6.07, 6.45) is 6.55. The fourth-order valence-corrected chi connectivity index (χ4v) is 2.58. The van der Waals surface area contributed by atoms with Crippen molar-refractivity contribution in [3.63, 3.8) is 0 Å². The minimum absolute atomic E-state index is 0.00716. The molecule has 1 aliphatic rings. The van der Waals surface area contributed by atoms with Crippen molar-refractivity contribution in [3.8, 4) is 0 Å². The molecule has 0 radical (unpaired) electrons. The van der Waals surface area contributed by atoms with Gasteiger partial charge < -0.3 is 10.6 Å². The summed E-state index contributed by atoms with van der Waals surface area (Å²) in [6, 6.07) is 9.82. The van der Waals surface area contributed by atoms with Crippen LogP contribution in [0.15, 0.2) is 42.7 Å². The number of nitrogens with zero attached hydrogens (tertiary/aromatic N) is 1. The molecule has 1 aromatic heterocycles. The first-order valence-electron chi connectivity index (χ1n) is 7.37. The highest BCUT2D eigenvalue weighted by Gasteiger charge is 2.12. The zero-order valence-electron chi connectivity index (χ0n) is 11.9. The van der Waals surface area contributed by atoms with Crippen LogP contribution in [0.1, 0.15) is 27.9 Å². The van der Waals surface area contributed by atoms with Gasteiger partial charge in [0, 0.05) is 36.7 Å². The number of pyridine rings is 1. The van der Waals surface area contributed by atoms with Crippen LogP contribution in [0.2, 0.25) is 0 Å². The number of nitrogens with one attached hydrogen (secondary N) is 2. The van der Waals surface area contributed by atoms with Crippen molar-refractivity contribution in [1.29, 1.82) is 0 Å². The molecule has 0 saturated heterocycles. The molecule has 2 aromatic rings. The molecule has 2 heterocycles. The van der Waals surface area contributed by atoms with E-state index in [1.165, 1.54) is 5.56 Å². The zero-order valence-corrected chi connectivity index (χ0v) is 11.9. The third-order valence-electron chi connectivity index (χ3n) is 3.73. The maximum Gasteiger partial charge on any atom is 0.251 e. The van der Waals surface area contributed by atoms with Gasteiger partial charge in [0.2, 0.25) is 0 Å². The number of amides is 1. The van der Waals surface area contributed by atoms with Crippen LogP contribution in [-0.4, -0.2) is 24.0 Å². The minimum atomic E-state index is -0.00716. The number of rotatable bonds is 4. The molecular weight excluding hydrogens is 262 g/mol. The van der Waals surface area contributed by atoms with Gasteiger partial charge in [-0.3, -0.25) is 9.78 Å². The molecule has 0 unspecified atom stereocenters. The Balaban J connectivity index is 1.58. The summed E-state index contributed by atoms with van der Waals surface area (Å²) in [5.41, 5.74) is 4.27. The molecule has 21 heavy (non-hydrogen) atoms. The lowest BCUT2D eigenvalue weighted by Gasteiger charge is -2.18. The van der Waals surface area contributed by atoms with E-state index in [0.717, 1.165) is 42.6 Å². The predicted octanol–water partition coefficient (Wildman–Crippen LogP) is 2.41. The van der Waals surface area contributed by atoms with Gasteiger partial charge in [-0.25, -0.2) is 0 Å². The Morgan fingerprint density at radius 1 is 1.33 bits per heavy atom. The van der Waals surface area contributed by atoms with Crippen LogP contribution in [0.3, 0.4) is 0 Å². The average Bonchev–Trinajstić information content (AvgIpc) is 2.55. The Labute approximate surface area is 124 Å². The van der Waals surface area contributed by atoms with Crippen LogP contribution >= 0.6 is 0 Å². The van der Waals surface area contributed by atoms with E-state index in [-0.39, 0.29) is 5.91 Å². The molecule has 2 N–H and O–H groups in total. The lowest BCUT2D eigenvalue weighted by molar-refractivity contribution is 0.0954. The molecule has 0 fully saturated rings. The van der Waals surface area contributed by atoms with E-state index in [1.807, 2.05) is 36.5 Å². The number of carbonyl (C=O) groups is 1. The van der Waals surface area contributed by atoms with Crippen molar-refractivity contribution >= 4 is 11.6 Å². The van der Waals surface area contributed by atoms with Crippen LogP contribution in [0.5, 0.6) is 0 Å². The third-order valence-corrected chi connectivity index (χ3v) is 3.73. The van der Waals surface area contributed by atoms with Crippen molar-refractivity contribution in [1.82, 2.24) is 10.3 Å². The second-order valence-corrected chi connectivity index (χ2v) is 5.27. The lowest BCUT2D eigenvalue weighted by Crippen LogP contribution is -2.26. The van der Waals surface area contributed by atoms with Crippen LogP contribution in [0.25, 0.3) is 0 Å². The average molecular weight is 281 g/mol. The quantitative estimate of drug-likeness (QED) is 0.905. The molecule has 1 amide bonds. The van der Waals surface area contributed by atoms with E-state index in [1.54, 1.807) is 6.20 Å². The first kappa shape index (κ1) is 13.6. The molecule has 0 saturated carbocycles. The van der Waals surface area contributed by atoms with Crippen molar-refractivity contribution in [2.45, 2.75) is 19.3 Å². The smallest absolute Gasteiger partial charge is 0.251 e. The Morgan fingerprint density at radius 2 is 2.29 bits per heavy atom. The fourth-order valence-electron chi connectivity index (χ4n) is 2.58. The number of benzene rings is 1. The van der Waals surface area contributed by atoms with E-state index in [2.05, 4.69) is 15.6 Å². The van der Waals surface area contributed by atoms with E-state index >= 15 is 0 Å². The predicted molar refractivity (Wildman–Crippen MR) is 83.5 cm³/mol. The van der Waals surface area contributed by atoms with Gasteiger partial charge in [0.15, 0.2) is 0 Å². The number of hydrogen-bond acceptors (Lipinski definition) is 3. The van der Waals surface area contributed by atoms with E-state index in [0.29, 0.717) is 6.54 Å². The van der Waals surface area contributed by atoms with Gasteiger partial charge in [0.25, 0.3) is 5.91 Å². The zero-order chi connectivity index (χ0) is 14.5. The maximum atomic E-state index is 12.2. The van der Waals surface area contributed by atoms with Crippen molar-refractivity contribution < 1.29 is 4.79 Å². The molecule has 0 spiro atoms. The van der Waals surface area contributed by atoms with Gasteiger partial charge in [-0.15, -0.1) is 0 Å². The van der Waals surface area contributed by atoms with Crippen molar-refractivity contribution in [2.75, 3.05) is 18.4 Å². The van der Waals surface area contributed by atoms with E-state index in [9.17, 15) is 4.79 Å². The molecule has 3 rings (SSSR count). The summed E-state index contributed by atoms with van der Waals surface area (Å²) in [7, 11) is 0. The standard InChI is InChI=1S/C17H19N3O/c21-17(20-10-7-13-3-1-8-18-12-13)15-5-6-16-14(11-15)4-2-9-19-16/h1,3,5-6,8,11-12,19H,2,4,7,9-10H2,(H,20,21). The Kier molecular flexibility index (Phi) is 4.15. The first-order chi connectivity index (χ1) is 10.3. The molecule has 1 aromatic carbocycles. The largest absolute Gasteiger partial charge is 0.385 e. The summed E-state index contributed by atoms with van der Waals surface area (Å²) in [6.45, 7) is 1.64. The fraction of sp³-hybridized carbons (Fsp3) is 0.294. The normalized spacial score (nSPS) is 13.1. The number of carbonyl (C=O) groups excluding carboxylic acids is 1. The highest BCUT2D eigenvalue weighted by molar-refractivity contribution is 5.95. The van der Waals surface area contributed by atoms with Gasteiger partial charge in [-0.2, -0.15) is 0 Å². The van der Waals surface area contributed by atoms with Crippen LogP contribution in [-0.2, 0) is 12.8 Å². The Morgan fingerprint density at radius 3 is 3.14 bits per heavy atom. The number of aryl methyl sites for hydroxylation is 1. The molecule has 1 aliphatic heterocycles. The van der Waals surface area contributed by atoms with E-state index in [4.69, 9.17) is 0 Å². The first-order valence-corrected chi connectivity index (χ1v) is 7.37. The van der Waals surface area contributed by atoms with Crippen LogP contribution < -0.4 is 10.6 Å². The molecule has 4 heteroatoms. The van der Waals surface area contributed by atoms with Crippen molar-refractivity contribution in [2.24, 2.45) is 0 Å². The summed E-state index contributed by atoms with van der Waals surface area (Å²) < 4.78 is 0. The molecular formula is C17H19N3O. The number of fused-ring (bicyclic) bond motifs is 1. The summed E-state index contributed by atoms with van der Waals surface area (Å²) >= 11 is 0. The van der Waals surface area contributed by atoms with E-state index < -0.39 is 0 Å². The molecule has 4 nitrogen and oxygen atoms in total. The summed E-state index contributed by atoms with van der Waals surface area (Å²) in [5, 5.41) is 6.32. The van der Waals surface area contributed by atoms with Gasteiger partial charge in [0.05, 0.1) is 0 Å². The minimum Gasteiger partial charge on any atom is -0.385 e. The van der Waals surface area contributed by atoms with Gasteiger partial charge >= 0.3 is 0 Å². The molecule has 0 atom stereocenters. The monoisotopic (exact) mass is 281 g/mol. The maximum absolute atomic E-state index is 12.2. The highest BCUT2D eigenvalue weighted by Crippen LogP contribution is 2.22. The Bertz CT molecular complexity index is 625. The van der Waals surface area contributed by atoms with Gasteiger partial charge in [-0.1, -0.05) is 6.07 Å². The second-order valence-electron chi connectivity index (χ2n) is 5.27. The topological polar surface area (TPSA) is 54.0 Å². The summed E-state index contributed by atoms with van der Waals surface area (Å²) in [5.74, 6) is -0.00716. The van der Waals surface area contributed by atoms with Crippen LogP contribution in [0, 0.1) is 0 Å². The van der Waals surface area contributed by atoms with Crippen LogP contribution in [0.4, 0.5) is 5.69 Å². The number of aromatic nitrogens is 1. The molecule has 0 bridgehead atoms. The van der Waals surface area contributed by atoms with Gasteiger partial charge in [0.1, 0.15) is 0 Å². The van der Waals surface area contributed by atoms with Crippen molar-refractivity contribution in [3.05, 3.63) is 59.4 Å². The Hall–Kier alpha value is -2.36.